The molecule has 162 valence electrons. The Labute approximate surface area is 174 Å². The number of carboxylic acids is 1. The second-order valence-electron chi connectivity index (χ2n) is 7.65. The smallest absolute Gasteiger partial charge is 0.355 e. The number of nitrogens with zero attached hydrogens (tertiary/aromatic N) is 1. The van der Waals surface area contributed by atoms with Crippen LogP contribution in [0.2, 0.25) is 0 Å². The molecule has 1 saturated carbocycles. The summed E-state index contributed by atoms with van der Waals surface area (Å²) >= 11 is 1.24. The molecular formula is C20H20F3NO5S. The number of halogens is 3. The number of aliphatic hydroxyl groups excluding tert-OH is 1. The average molecular weight is 443 g/mol. The molecule has 1 aliphatic carbocycles. The number of hydrogen-bond donors (Lipinski definition) is 2. The van der Waals surface area contributed by atoms with Gasteiger partial charge in [0, 0.05) is 11.3 Å². The highest BCUT2D eigenvalue weighted by molar-refractivity contribution is 7.09. The third-order valence-corrected chi connectivity index (χ3v) is 6.85. The first-order valence-electron chi connectivity index (χ1n) is 9.59. The van der Waals surface area contributed by atoms with Crippen LogP contribution in [0.15, 0.2) is 17.5 Å². The summed E-state index contributed by atoms with van der Waals surface area (Å²) in [4.78, 5) is 15.2. The monoisotopic (exact) mass is 443 g/mol. The Bertz CT molecular complexity index is 939. The van der Waals surface area contributed by atoms with E-state index in [9.17, 15) is 23.1 Å². The summed E-state index contributed by atoms with van der Waals surface area (Å²) in [5.74, 6) is -5.96. The van der Waals surface area contributed by atoms with Gasteiger partial charge in [-0.2, -0.15) is 4.39 Å². The zero-order valence-electron chi connectivity index (χ0n) is 15.8. The summed E-state index contributed by atoms with van der Waals surface area (Å²) in [5.41, 5.74) is -0.0155. The Morgan fingerprint density at radius 2 is 2.07 bits per heavy atom. The van der Waals surface area contributed by atoms with Crippen LogP contribution >= 0.6 is 11.3 Å². The molecular weight excluding hydrogens is 423 g/mol. The number of thiazole rings is 1. The normalized spacial score (nSPS) is 28.7. The number of benzene rings is 1. The molecule has 0 unspecified atom stereocenters. The van der Waals surface area contributed by atoms with Crippen LogP contribution < -0.4 is 4.74 Å². The second kappa shape index (κ2) is 8.52. The van der Waals surface area contributed by atoms with Gasteiger partial charge in [-0.25, -0.2) is 18.6 Å². The fraction of sp³-hybridized carbons (Fsp3) is 0.500. The van der Waals surface area contributed by atoms with E-state index in [0.29, 0.717) is 30.9 Å². The summed E-state index contributed by atoms with van der Waals surface area (Å²) in [6.45, 7) is 0.347. The minimum Gasteiger partial charge on any atom is -0.490 e. The number of hydrogen-bond acceptors (Lipinski definition) is 6. The van der Waals surface area contributed by atoms with E-state index in [-0.39, 0.29) is 36.2 Å². The lowest BCUT2D eigenvalue weighted by atomic mass is 9.86. The molecule has 10 heteroatoms. The van der Waals surface area contributed by atoms with Gasteiger partial charge in [-0.3, -0.25) is 0 Å². The first kappa shape index (κ1) is 21.1. The molecule has 2 heterocycles. The van der Waals surface area contributed by atoms with Crippen molar-refractivity contribution in [2.24, 2.45) is 17.8 Å². The van der Waals surface area contributed by atoms with Crippen molar-refractivity contribution in [1.29, 1.82) is 0 Å². The average Bonchev–Trinajstić information content (AvgIpc) is 3.26. The molecule has 4 rings (SSSR count). The van der Waals surface area contributed by atoms with Crippen molar-refractivity contribution in [2.75, 3.05) is 13.2 Å². The van der Waals surface area contributed by atoms with Crippen LogP contribution in [-0.2, 0) is 4.74 Å². The van der Waals surface area contributed by atoms with E-state index in [1.54, 1.807) is 0 Å². The lowest BCUT2D eigenvalue weighted by Crippen LogP contribution is -2.27. The van der Waals surface area contributed by atoms with Gasteiger partial charge in [-0.15, -0.1) is 11.3 Å². The maximum absolute atomic E-state index is 13.9. The van der Waals surface area contributed by atoms with E-state index >= 15 is 0 Å². The minimum atomic E-state index is -1.59. The molecule has 1 aromatic carbocycles. The zero-order valence-corrected chi connectivity index (χ0v) is 16.6. The van der Waals surface area contributed by atoms with Crippen LogP contribution in [0.1, 0.15) is 40.9 Å². The van der Waals surface area contributed by atoms with E-state index in [1.807, 2.05) is 0 Å². The molecule has 1 aliphatic heterocycles. The van der Waals surface area contributed by atoms with Gasteiger partial charge in [-0.1, -0.05) is 0 Å². The van der Waals surface area contributed by atoms with Gasteiger partial charge in [0.25, 0.3) is 0 Å². The standard InChI is InChI=1S/C20H20F3NO5S/c21-12-2-4-15(18(23)17(12)22)29-7-11-10-1-3-16(28-6-9(10)5-14(11)25)19-24-13(8-30-19)20(26)27/h2,4,8-11,14,16,25H,1,3,5-7H2,(H,26,27)/t9-,10+,11-,14-,16-/m1/s1. The highest BCUT2D eigenvalue weighted by Gasteiger charge is 2.45. The van der Waals surface area contributed by atoms with Crippen LogP contribution in [0.25, 0.3) is 0 Å². The van der Waals surface area contributed by atoms with Crippen LogP contribution in [0, 0.1) is 35.2 Å². The first-order chi connectivity index (χ1) is 14.3. The van der Waals surface area contributed by atoms with Gasteiger partial charge < -0.3 is 19.7 Å². The third-order valence-electron chi connectivity index (χ3n) is 5.92. The quantitative estimate of drug-likeness (QED) is 0.684. The van der Waals surface area contributed by atoms with Gasteiger partial charge in [0.2, 0.25) is 5.82 Å². The number of aromatic nitrogens is 1. The maximum atomic E-state index is 13.9. The van der Waals surface area contributed by atoms with E-state index in [4.69, 9.17) is 14.6 Å². The van der Waals surface area contributed by atoms with E-state index in [1.165, 1.54) is 16.7 Å². The molecule has 0 radical (unpaired) electrons. The maximum Gasteiger partial charge on any atom is 0.355 e. The molecule has 2 aromatic rings. The molecule has 0 bridgehead atoms. The van der Waals surface area contributed by atoms with Crippen molar-refractivity contribution >= 4 is 17.3 Å². The number of aromatic carboxylic acids is 1. The van der Waals surface area contributed by atoms with Crippen molar-refractivity contribution in [3.63, 3.8) is 0 Å². The molecule has 1 saturated heterocycles. The fourth-order valence-corrected chi connectivity index (χ4v) is 5.25. The van der Waals surface area contributed by atoms with Crippen molar-refractivity contribution < 1.29 is 37.7 Å². The molecule has 0 amide bonds. The number of ether oxygens (including phenoxy) is 2. The van der Waals surface area contributed by atoms with Crippen molar-refractivity contribution in [3.05, 3.63) is 45.7 Å². The van der Waals surface area contributed by atoms with E-state index in [2.05, 4.69) is 4.98 Å². The molecule has 2 fully saturated rings. The topological polar surface area (TPSA) is 88.9 Å². The summed E-state index contributed by atoms with van der Waals surface area (Å²) in [6.07, 6.45) is 0.770. The Kier molecular flexibility index (Phi) is 5.99. The SMILES string of the molecule is O=C(O)c1csc([C@H]2CC[C@H]3[C@@H](CO2)C[C@@H](O)[C@@H]3COc2ccc(F)c(F)c2F)n1. The lowest BCUT2D eigenvalue weighted by Gasteiger charge is -2.24. The van der Waals surface area contributed by atoms with Gasteiger partial charge in [0.05, 0.1) is 19.3 Å². The Balaban J connectivity index is 1.42. The number of carboxylic acid groups (broad SMARTS) is 1. The number of aliphatic hydroxyl groups is 1. The van der Waals surface area contributed by atoms with Crippen LogP contribution in [-0.4, -0.2) is 40.5 Å². The number of fused-ring (bicyclic) bond motifs is 1. The Morgan fingerprint density at radius 3 is 2.80 bits per heavy atom. The Hall–Kier alpha value is -2.17. The van der Waals surface area contributed by atoms with Gasteiger partial charge in [-0.05, 0) is 43.2 Å². The van der Waals surface area contributed by atoms with Crippen molar-refractivity contribution in [1.82, 2.24) is 4.98 Å². The van der Waals surface area contributed by atoms with Gasteiger partial charge >= 0.3 is 5.97 Å². The molecule has 6 nitrogen and oxygen atoms in total. The molecule has 30 heavy (non-hydrogen) atoms. The van der Waals surface area contributed by atoms with Crippen LogP contribution in [0.5, 0.6) is 5.75 Å². The Morgan fingerprint density at radius 1 is 1.27 bits per heavy atom. The first-order valence-corrected chi connectivity index (χ1v) is 10.5. The molecule has 1 aromatic heterocycles. The third kappa shape index (κ3) is 4.03. The highest BCUT2D eigenvalue weighted by Crippen LogP contribution is 2.45. The zero-order chi connectivity index (χ0) is 21.4. The number of rotatable bonds is 5. The predicted octanol–water partition coefficient (Wildman–Crippen LogP) is 3.80. The second-order valence-corrected chi connectivity index (χ2v) is 8.54. The summed E-state index contributed by atoms with van der Waals surface area (Å²) in [5, 5.41) is 21.6. The van der Waals surface area contributed by atoms with E-state index < -0.39 is 35.3 Å². The van der Waals surface area contributed by atoms with Crippen molar-refractivity contribution in [2.45, 2.75) is 31.5 Å². The van der Waals surface area contributed by atoms with Crippen LogP contribution in [0.4, 0.5) is 13.2 Å². The molecule has 0 spiro atoms. The van der Waals surface area contributed by atoms with Gasteiger partial charge in [0.1, 0.15) is 11.1 Å². The summed E-state index contributed by atoms with van der Waals surface area (Å²) in [6, 6.07) is 1.83. The molecule has 2 N–H and O–H groups in total. The van der Waals surface area contributed by atoms with Crippen molar-refractivity contribution in [3.8, 4) is 5.75 Å². The fourth-order valence-electron chi connectivity index (χ4n) is 4.37. The predicted molar refractivity (Wildman–Crippen MR) is 99.9 cm³/mol. The number of carbonyl (C=O) groups is 1. The summed E-state index contributed by atoms with van der Waals surface area (Å²) in [7, 11) is 0. The largest absolute Gasteiger partial charge is 0.490 e. The molecule has 5 atom stereocenters. The minimum absolute atomic E-state index is 0.0155. The highest BCUT2D eigenvalue weighted by atomic mass is 32.1. The summed E-state index contributed by atoms with van der Waals surface area (Å²) < 4.78 is 51.7. The van der Waals surface area contributed by atoms with Gasteiger partial charge in [0.15, 0.2) is 23.1 Å². The lowest BCUT2D eigenvalue weighted by molar-refractivity contribution is 0.0333. The van der Waals surface area contributed by atoms with Crippen LogP contribution in [0.3, 0.4) is 0 Å². The van der Waals surface area contributed by atoms with E-state index in [0.717, 1.165) is 12.1 Å². The molecule has 2 aliphatic rings.